The van der Waals surface area contributed by atoms with Crippen molar-refractivity contribution in [2.24, 2.45) is 0 Å². The Morgan fingerprint density at radius 1 is 1.26 bits per heavy atom. The topological polar surface area (TPSA) is 75.2 Å². The maximum Gasteiger partial charge on any atom is 0.272 e. The summed E-state index contributed by atoms with van der Waals surface area (Å²) in [6.45, 7) is 3.01. The summed E-state index contributed by atoms with van der Waals surface area (Å²) in [7, 11) is 0. The summed E-state index contributed by atoms with van der Waals surface area (Å²) < 4.78 is 0. The highest BCUT2D eigenvalue weighted by molar-refractivity contribution is 5.96. The molecule has 3 rings (SSSR count). The Morgan fingerprint density at radius 3 is 2.74 bits per heavy atom. The fourth-order valence-corrected chi connectivity index (χ4v) is 2.58. The molecule has 2 aromatic rings. The quantitative estimate of drug-likeness (QED) is 0.924. The Morgan fingerprint density at radius 2 is 2.04 bits per heavy atom. The van der Waals surface area contributed by atoms with Gasteiger partial charge in [0.25, 0.3) is 5.91 Å². The zero-order valence-corrected chi connectivity index (χ0v) is 12.9. The summed E-state index contributed by atoms with van der Waals surface area (Å²) in [4.78, 5) is 34.4. The van der Waals surface area contributed by atoms with Gasteiger partial charge in [0.2, 0.25) is 5.91 Å². The van der Waals surface area contributed by atoms with Crippen LogP contribution in [0, 0.1) is 6.92 Å². The Bertz CT molecular complexity index is 700. The molecule has 1 aromatic heterocycles. The van der Waals surface area contributed by atoms with E-state index in [-0.39, 0.29) is 17.5 Å². The van der Waals surface area contributed by atoms with Gasteiger partial charge in [-0.15, -0.1) is 0 Å². The largest absolute Gasteiger partial charge is 0.339 e. The number of aromatic nitrogens is 2. The van der Waals surface area contributed by atoms with Crippen molar-refractivity contribution in [1.29, 1.82) is 0 Å². The number of benzene rings is 1. The van der Waals surface area contributed by atoms with Gasteiger partial charge < -0.3 is 10.2 Å². The fourth-order valence-electron chi connectivity index (χ4n) is 2.58. The van der Waals surface area contributed by atoms with Crippen LogP contribution in [0.4, 0.5) is 0 Å². The Hall–Kier alpha value is -2.76. The molecule has 2 heterocycles. The lowest BCUT2D eigenvalue weighted by molar-refractivity contribution is -0.129. The molecule has 1 aliphatic rings. The highest BCUT2D eigenvalue weighted by atomic mass is 16.2. The SMILES string of the molecule is Cc1cnc(C(=O)N[C@H]2CCN(Cc3ccccc3)C2=O)cn1. The van der Waals surface area contributed by atoms with Gasteiger partial charge in [-0.3, -0.25) is 14.6 Å². The molecule has 0 spiro atoms. The monoisotopic (exact) mass is 310 g/mol. The molecule has 1 fully saturated rings. The summed E-state index contributed by atoms with van der Waals surface area (Å²) in [6.07, 6.45) is 3.57. The highest BCUT2D eigenvalue weighted by Gasteiger charge is 2.32. The van der Waals surface area contributed by atoms with E-state index in [4.69, 9.17) is 0 Å². The molecule has 0 radical (unpaired) electrons. The third-order valence-electron chi connectivity index (χ3n) is 3.83. The molecule has 0 unspecified atom stereocenters. The number of carbonyl (C=O) groups excluding carboxylic acids is 2. The lowest BCUT2D eigenvalue weighted by Crippen LogP contribution is -2.41. The Labute approximate surface area is 134 Å². The molecule has 1 aliphatic heterocycles. The second kappa shape index (κ2) is 6.56. The van der Waals surface area contributed by atoms with Gasteiger partial charge in [0.15, 0.2) is 0 Å². The second-order valence-corrected chi connectivity index (χ2v) is 5.60. The van der Waals surface area contributed by atoms with Crippen LogP contribution in [0.25, 0.3) is 0 Å². The van der Waals surface area contributed by atoms with Crippen molar-refractivity contribution in [3.05, 3.63) is 59.7 Å². The lowest BCUT2D eigenvalue weighted by atomic mass is 10.2. The van der Waals surface area contributed by atoms with E-state index < -0.39 is 6.04 Å². The first-order valence-electron chi connectivity index (χ1n) is 7.56. The summed E-state index contributed by atoms with van der Waals surface area (Å²) in [5, 5.41) is 2.75. The van der Waals surface area contributed by atoms with E-state index in [1.54, 1.807) is 11.8 Å². The zero-order valence-electron chi connectivity index (χ0n) is 12.9. The molecule has 1 saturated heterocycles. The van der Waals surface area contributed by atoms with Crippen molar-refractivity contribution in [3.8, 4) is 0 Å². The van der Waals surface area contributed by atoms with Gasteiger partial charge in [-0.1, -0.05) is 30.3 Å². The maximum absolute atomic E-state index is 12.4. The van der Waals surface area contributed by atoms with E-state index in [0.29, 0.717) is 19.5 Å². The number of hydrogen-bond donors (Lipinski definition) is 1. The van der Waals surface area contributed by atoms with Crippen molar-refractivity contribution in [3.63, 3.8) is 0 Å². The first kappa shape index (κ1) is 15.1. The summed E-state index contributed by atoms with van der Waals surface area (Å²) >= 11 is 0. The molecule has 0 aliphatic carbocycles. The van der Waals surface area contributed by atoms with Crippen LogP contribution in [0.2, 0.25) is 0 Å². The normalized spacial score (nSPS) is 17.3. The van der Waals surface area contributed by atoms with E-state index in [1.807, 2.05) is 30.3 Å². The number of amides is 2. The first-order valence-corrected chi connectivity index (χ1v) is 7.56. The number of aryl methyl sites for hydroxylation is 1. The molecular formula is C17H18N4O2. The number of nitrogens with one attached hydrogen (secondary N) is 1. The molecule has 6 nitrogen and oxygen atoms in total. The summed E-state index contributed by atoms with van der Waals surface area (Å²) in [5.74, 6) is -0.417. The van der Waals surface area contributed by atoms with Crippen molar-refractivity contribution in [2.75, 3.05) is 6.54 Å². The van der Waals surface area contributed by atoms with Gasteiger partial charge in [0.1, 0.15) is 11.7 Å². The minimum atomic E-state index is -0.491. The van der Waals surface area contributed by atoms with Crippen LogP contribution < -0.4 is 5.32 Å². The fraction of sp³-hybridized carbons (Fsp3) is 0.294. The van der Waals surface area contributed by atoms with Crippen LogP contribution in [-0.4, -0.2) is 39.3 Å². The smallest absolute Gasteiger partial charge is 0.272 e. The Balaban J connectivity index is 1.60. The van der Waals surface area contributed by atoms with Gasteiger partial charge in [0.05, 0.1) is 11.9 Å². The molecule has 6 heteroatoms. The van der Waals surface area contributed by atoms with Crippen LogP contribution in [0.15, 0.2) is 42.7 Å². The van der Waals surface area contributed by atoms with E-state index in [2.05, 4.69) is 15.3 Å². The molecule has 1 N–H and O–H groups in total. The van der Waals surface area contributed by atoms with E-state index >= 15 is 0 Å². The third-order valence-corrected chi connectivity index (χ3v) is 3.83. The van der Waals surface area contributed by atoms with Gasteiger partial charge in [-0.05, 0) is 18.9 Å². The number of nitrogens with zero attached hydrogens (tertiary/aromatic N) is 3. The number of likely N-dealkylation sites (tertiary alicyclic amines) is 1. The van der Waals surface area contributed by atoms with Crippen molar-refractivity contribution in [1.82, 2.24) is 20.2 Å². The third kappa shape index (κ3) is 3.53. The highest BCUT2D eigenvalue weighted by Crippen LogP contribution is 2.15. The van der Waals surface area contributed by atoms with E-state index in [1.165, 1.54) is 12.4 Å². The molecule has 23 heavy (non-hydrogen) atoms. The van der Waals surface area contributed by atoms with Crippen molar-refractivity contribution in [2.45, 2.75) is 25.9 Å². The molecule has 1 aromatic carbocycles. The predicted molar refractivity (Wildman–Crippen MR) is 84.5 cm³/mol. The summed E-state index contributed by atoms with van der Waals surface area (Å²) in [5.41, 5.74) is 2.05. The minimum Gasteiger partial charge on any atom is -0.339 e. The van der Waals surface area contributed by atoms with Crippen LogP contribution in [0.3, 0.4) is 0 Å². The summed E-state index contributed by atoms with van der Waals surface area (Å²) in [6, 6.07) is 9.33. The average Bonchev–Trinajstić information content (AvgIpc) is 2.90. The van der Waals surface area contributed by atoms with Gasteiger partial charge in [0, 0.05) is 19.3 Å². The molecule has 118 valence electrons. The standard InChI is InChI=1S/C17H18N4O2/c1-12-9-19-15(10-18-12)16(22)20-14-7-8-21(17(14)23)11-13-5-3-2-4-6-13/h2-6,9-10,14H,7-8,11H2,1H3,(H,20,22)/t14-/m0/s1. The molecule has 1 atom stereocenters. The van der Waals surface area contributed by atoms with E-state index in [9.17, 15) is 9.59 Å². The Kier molecular flexibility index (Phi) is 4.32. The minimum absolute atomic E-state index is 0.0535. The zero-order chi connectivity index (χ0) is 16.2. The van der Waals surface area contributed by atoms with Gasteiger partial charge >= 0.3 is 0 Å². The van der Waals surface area contributed by atoms with Gasteiger partial charge in [-0.2, -0.15) is 0 Å². The van der Waals surface area contributed by atoms with Crippen LogP contribution in [-0.2, 0) is 11.3 Å². The van der Waals surface area contributed by atoms with E-state index in [0.717, 1.165) is 11.3 Å². The number of rotatable bonds is 4. The number of hydrogen-bond acceptors (Lipinski definition) is 4. The predicted octanol–water partition coefficient (Wildman–Crippen LogP) is 1.32. The molecule has 0 saturated carbocycles. The van der Waals surface area contributed by atoms with Gasteiger partial charge in [-0.25, -0.2) is 4.98 Å². The average molecular weight is 310 g/mol. The lowest BCUT2D eigenvalue weighted by Gasteiger charge is -2.17. The second-order valence-electron chi connectivity index (χ2n) is 5.60. The van der Waals surface area contributed by atoms with Crippen LogP contribution in [0.1, 0.15) is 28.2 Å². The molecule has 0 bridgehead atoms. The van der Waals surface area contributed by atoms with Crippen LogP contribution >= 0.6 is 0 Å². The number of carbonyl (C=O) groups is 2. The molecular weight excluding hydrogens is 292 g/mol. The first-order chi connectivity index (χ1) is 11.1. The van der Waals surface area contributed by atoms with Crippen molar-refractivity contribution < 1.29 is 9.59 Å². The van der Waals surface area contributed by atoms with Crippen LogP contribution in [0.5, 0.6) is 0 Å². The molecule has 2 amide bonds. The van der Waals surface area contributed by atoms with Crippen molar-refractivity contribution >= 4 is 11.8 Å². The maximum atomic E-state index is 12.4.